The average molecular weight is 418 g/mol. The third-order valence-electron chi connectivity index (χ3n) is 3.86. The molecule has 0 aliphatic rings. The lowest BCUT2D eigenvalue weighted by molar-refractivity contribution is -0.132. The Hall–Kier alpha value is -1.64. The van der Waals surface area contributed by atoms with E-state index in [0.29, 0.717) is 70.6 Å². The Balaban J connectivity index is 2.55. The molecule has 0 spiro atoms. The third kappa shape index (κ3) is 10.1. The first kappa shape index (κ1) is 24.4. The predicted molar refractivity (Wildman–Crippen MR) is 106 cm³/mol. The molecule has 1 heterocycles. The predicted octanol–water partition coefficient (Wildman–Crippen LogP) is 2.61. The van der Waals surface area contributed by atoms with Gasteiger partial charge in [-0.1, -0.05) is 0 Å². The molecule has 0 radical (unpaired) electrons. The van der Waals surface area contributed by atoms with Gasteiger partial charge in [0.15, 0.2) is 5.69 Å². The van der Waals surface area contributed by atoms with Crippen molar-refractivity contribution in [2.24, 2.45) is 0 Å². The molecule has 160 valence electrons. The Bertz CT molecular complexity index is 568. The van der Waals surface area contributed by atoms with E-state index in [1.165, 1.54) is 6.26 Å². The molecule has 0 aliphatic carbocycles. The maximum Gasteiger partial charge on any atom is 0.273 e. The van der Waals surface area contributed by atoms with Crippen molar-refractivity contribution >= 4 is 23.4 Å². The number of aromatic nitrogens is 1. The Kier molecular flexibility index (Phi) is 13.3. The second-order valence-corrected chi connectivity index (χ2v) is 6.47. The van der Waals surface area contributed by atoms with Crippen LogP contribution in [0.15, 0.2) is 10.7 Å². The van der Waals surface area contributed by atoms with Crippen molar-refractivity contribution in [3.8, 4) is 0 Å². The van der Waals surface area contributed by atoms with Gasteiger partial charge in [0.25, 0.3) is 5.91 Å². The SMILES string of the molecule is CCOCCCNC(=O)c1coc(CN(CCCOCC)C(=O)CCCCl)n1. The van der Waals surface area contributed by atoms with Gasteiger partial charge in [-0.25, -0.2) is 4.98 Å². The van der Waals surface area contributed by atoms with Crippen LogP contribution in [0.5, 0.6) is 0 Å². The molecule has 1 aromatic heterocycles. The lowest BCUT2D eigenvalue weighted by atomic mass is 10.2. The van der Waals surface area contributed by atoms with E-state index in [1.54, 1.807) is 4.90 Å². The first-order valence-electron chi connectivity index (χ1n) is 9.84. The molecule has 0 bridgehead atoms. The second-order valence-electron chi connectivity index (χ2n) is 6.09. The highest BCUT2D eigenvalue weighted by molar-refractivity contribution is 6.17. The molecule has 0 atom stereocenters. The first-order valence-corrected chi connectivity index (χ1v) is 10.4. The highest BCUT2D eigenvalue weighted by Gasteiger charge is 2.18. The summed E-state index contributed by atoms with van der Waals surface area (Å²) in [6.45, 7) is 7.58. The molecule has 9 heteroatoms. The number of halogens is 1. The van der Waals surface area contributed by atoms with Crippen molar-refractivity contribution in [3.05, 3.63) is 17.8 Å². The zero-order valence-corrected chi connectivity index (χ0v) is 17.6. The molecule has 0 unspecified atom stereocenters. The topological polar surface area (TPSA) is 93.9 Å². The summed E-state index contributed by atoms with van der Waals surface area (Å²) in [7, 11) is 0. The number of amides is 2. The van der Waals surface area contributed by atoms with E-state index in [-0.39, 0.29) is 24.1 Å². The molecule has 0 aromatic carbocycles. The number of hydrogen-bond donors (Lipinski definition) is 1. The Morgan fingerprint density at radius 2 is 1.89 bits per heavy atom. The lowest BCUT2D eigenvalue weighted by Crippen LogP contribution is -2.32. The van der Waals surface area contributed by atoms with Gasteiger partial charge in [0, 0.05) is 51.8 Å². The fourth-order valence-electron chi connectivity index (χ4n) is 2.43. The van der Waals surface area contributed by atoms with Crippen molar-refractivity contribution in [1.29, 1.82) is 0 Å². The number of rotatable bonds is 16. The summed E-state index contributed by atoms with van der Waals surface area (Å²) < 4.78 is 16.0. The highest BCUT2D eigenvalue weighted by atomic mass is 35.5. The van der Waals surface area contributed by atoms with Crippen LogP contribution >= 0.6 is 11.6 Å². The number of carbonyl (C=O) groups is 2. The Labute approximate surface area is 171 Å². The standard InChI is InChI=1S/C19H32ClN3O5/c1-3-26-12-6-10-21-19(25)16-15-28-17(22-16)14-23(11-7-13-27-4-2)18(24)8-5-9-20/h15H,3-14H2,1-2H3,(H,21,25). The van der Waals surface area contributed by atoms with Gasteiger partial charge in [-0.05, 0) is 33.1 Å². The van der Waals surface area contributed by atoms with E-state index >= 15 is 0 Å². The summed E-state index contributed by atoms with van der Waals surface area (Å²) in [5, 5.41) is 2.77. The molecule has 1 rings (SSSR count). The van der Waals surface area contributed by atoms with E-state index in [9.17, 15) is 9.59 Å². The normalized spacial score (nSPS) is 10.8. The summed E-state index contributed by atoms with van der Waals surface area (Å²) in [5.74, 6) is 0.445. The summed E-state index contributed by atoms with van der Waals surface area (Å²) in [6.07, 6.45) is 3.74. The second kappa shape index (κ2) is 15.3. The zero-order chi connectivity index (χ0) is 20.6. The number of nitrogens with one attached hydrogen (secondary N) is 1. The first-order chi connectivity index (χ1) is 13.6. The van der Waals surface area contributed by atoms with Gasteiger partial charge >= 0.3 is 0 Å². The van der Waals surface area contributed by atoms with Crippen LogP contribution in [0.2, 0.25) is 0 Å². The minimum Gasteiger partial charge on any atom is -0.446 e. The van der Waals surface area contributed by atoms with Crippen LogP contribution in [0.3, 0.4) is 0 Å². The van der Waals surface area contributed by atoms with E-state index in [2.05, 4.69) is 10.3 Å². The maximum atomic E-state index is 12.4. The number of alkyl halides is 1. The number of carbonyl (C=O) groups excluding carboxylic acids is 2. The monoisotopic (exact) mass is 417 g/mol. The quantitative estimate of drug-likeness (QED) is 0.328. The molecule has 1 N–H and O–H groups in total. The number of ether oxygens (including phenoxy) is 2. The van der Waals surface area contributed by atoms with Crippen LogP contribution in [-0.2, 0) is 20.8 Å². The van der Waals surface area contributed by atoms with Crippen LogP contribution in [0.1, 0.15) is 55.9 Å². The van der Waals surface area contributed by atoms with Gasteiger partial charge in [0.2, 0.25) is 11.8 Å². The van der Waals surface area contributed by atoms with E-state index in [0.717, 1.165) is 6.42 Å². The molecule has 28 heavy (non-hydrogen) atoms. The average Bonchev–Trinajstić information content (AvgIpc) is 3.17. The minimum atomic E-state index is -0.303. The van der Waals surface area contributed by atoms with Gasteiger partial charge in [-0.2, -0.15) is 0 Å². The smallest absolute Gasteiger partial charge is 0.273 e. The van der Waals surface area contributed by atoms with Gasteiger partial charge in [-0.15, -0.1) is 11.6 Å². The van der Waals surface area contributed by atoms with E-state index < -0.39 is 0 Å². The zero-order valence-electron chi connectivity index (χ0n) is 16.9. The van der Waals surface area contributed by atoms with Gasteiger partial charge < -0.3 is 24.1 Å². The van der Waals surface area contributed by atoms with Crippen LogP contribution in [0.4, 0.5) is 0 Å². The van der Waals surface area contributed by atoms with Crippen LogP contribution in [0.25, 0.3) is 0 Å². The highest BCUT2D eigenvalue weighted by Crippen LogP contribution is 2.09. The van der Waals surface area contributed by atoms with Crippen molar-refractivity contribution in [2.75, 3.05) is 45.4 Å². The van der Waals surface area contributed by atoms with Gasteiger partial charge in [-0.3, -0.25) is 9.59 Å². The molecule has 0 saturated heterocycles. The minimum absolute atomic E-state index is 0.0164. The molecular formula is C19H32ClN3O5. The summed E-state index contributed by atoms with van der Waals surface area (Å²) >= 11 is 5.69. The van der Waals surface area contributed by atoms with Crippen molar-refractivity contribution in [2.45, 2.75) is 46.1 Å². The lowest BCUT2D eigenvalue weighted by Gasteiger charge is -2.21. The van der Waals surface area contributed by atoms with E-state index in [1.807, 2.05) is 13.8 Å². The Morgan fingerprint density at radius 1 is 1.18 bits per heavy atom. The van der Waals surface area contributed by atoms with Crippen LogP contribution in [0, 0.1) is 0 Å². The number of oxazole rings is 1. The summed E-state index contributed by atoms with van der Waals surface area (Å²) in [5.41, 5.74) is 0.203. The van der Waals surface area contributed by atoms with E-state index in [4.69, 9.17) is 25.5 Å². The maximum absolute atomic E-state index is 12.4. The number of hydrogen-bond acceptors (Lipinski definition) is 6. The molecule has 0 aliphatic heterocycles. The molecule has 2 amide bonds. The Morgan fingerprint density at radius 3 is 2.57 bits per heavy atom. The van der Waals surface area contributed by atoms with Gasteiger partial charge in [0.05, 0.1) is 6.54 Å². The van der Waals surface area contributed by atoms with Crippen molar-refractivity contribution in [1.82, 2.24) is 15.2 Å². The molecule has 8 nitrogen and oxygen atoms in total. The fourth-order valence-corrected chi connectivity index (χ4v) is 2.57. The summed E-state index contributed by atoms with van der Waals surface area (Å²) in [6, 6.07) is 0. The molecular weight excluding hydrogens is 386 g/mol. The van der Waals surface area contributed by atoms with Crippen LogP contribution in [-0.4, -0.2) is 67.1 Å². The third-order valence-corrected chi connectivity index (χ3v) is 4.13. The van der Waals surface area contributed by atoms with Crippen LogP contribution < -0.4 is 5.32 Å². The summed E-state index contributed by atoms with van der Waals surface area (Å²) in [4.78, 5) is 30.4. The molecule has 0 saturated carbocycles. The molecule has 0 fully saturated rings. The fraction of sp³-hybridized carbons (Fsp3) is 0.737. The van der Waals surface area contributed by atoms with Crippen molar-refractivity contribution < 1.29 is 23.5 Å². The molecule has 1 aromatic rings. The largest absolute Gasteiger partial charge is 0.446 e. The van der Waals surface area contributed by atoms with Crippen molar-refractivity contribution in [3.63, 3.8) is 0 Å². The van der Waals surface area contributed by atoms with Gasteiger partial charge in [0.1, 0.15) is 6.26 Å². The number of nitrogens with zero attached hydrogens (tertiary/aromatic N) is 2.